The molecule has 0 bridgehead atoms. The van der Waals surface area contributed by atoms with Crippen LogP contribution in [0, 0.1) is 5.92 Å². The van der Waals surface area contributed by atoms with Gasteiger partial charge in [-0.25, -0.2) is 0 Å². The van der Waals surface area contributed by atoms with Gasteiger partial charge in [0.05, 0.1) is 12.0 Å². The van der Waals surface area contributed by atoms with E-state index in [0.29, 0.717) is 19.5 Å². The lowest BCUT2D eigenvalue weighted by Crippen LogP contribution is -2.42. The number of piperidine rings is 1. The molecule has 2 saturated heterocycles. The molecule has 0 aliphatic carbocycles. The number of nitrogens with zero attached hydrogens (tertiary/aromatic N) is 3. The second-order valence-electron chi connectivity index (χ2n) is 7.49. The molecule has 2 amide bonds. The summed E-state index contributed by atoms with van der Waals surface area (Å²) >= 11 is 0. The zero-order chi connectivity index (χ0) is 18.6. The van der Waals surface area contributed by atoms with E-state index >= 15 is 0 Å². The monoisotopic (exact) mass is 363 g/mol. The highest BCUT2D eigenvalue weighted by Gasteiger charge is 2.39. The second-order valence-corrected chi connectivity index (χ2v) is 7.49. The van der Waals surface area contributed by atoms with Crippen LogP contribution in [0.15, 0.2) is 54.9 Å². The summed E-state index contributed by atoms with van der Waals surface area (Å²) in [4.78, 5) is 33.8. The topological polar surface area (TPSA) is 53.5 Å². The van der Waals surface area contributed by atoms with E-state index in [2.05, 4.69) is 4.98 Å². The first kappa shape index (κ1) is 17.7. The maximum absolute atomic E-state index is 13.3. The minimum absolute atomic E-state index is 0.0761. The lowest BCUT2D eigenvalue weighted by Gasteiger charge is -2.37. The van der Waals surface area contributed by atoms with E-state index in [1.807, 2.05) is 58.5 Å². The van der Waals surface area contributed by atoms with E-state index < -0.39 is 0 Å². The van der Waals surface area contributed by atoms with Gasteiger partial charge in [0.15, 0.2) is 0 Å². The van der Waals surface area contributed by atoms with E-state index in [4.69, 9.17) is 0 Å². The molecule has 2 aliphatic heterocycles. The highest BCUT2D eigenvalue weighted by atomic mass is 16.2. The lowest BCUT2D eigenvalue weighted by atomic mass is 9.94. The molecule has 27 heavy (non-hydrogen) atoms. The Morgan fingerprint density at radius 2 is 1.96 bits per heavy atom. The van der Waals surface area contributed by atoms with Crippen molar-refractivity contribution in [2.24, 2.45) is 5.92 Å². The predicted molar refractivity (Wildman–Crippen MR) is 103 cm³/mol. The summed E-state index contributed by atoms with van der Waals surface area (Å²) in [6, 6.07) is 14.0. The number of hydrogen-bond acceptors (Lipinski definition) is 3. The van der Waals surface area contributed by atoms with Crippen LogP contribution in [0.4, 0.5) is 0 Å². The van der Waals surface area contributed by atoms with Gasteiger partial charge in [-0.15, -0.1) is 0 Å². The third kappa shape index (κ3) is 3.87. The van der Waals surface area contributed by atoms with Crippen LogP contribution in [-0.4, -0.2) is 39.7 Å². The van der Waals surface area contributed by atoms with Crippen molar-refractivity contribution >= 4 is 11.8 Å². The third-order valence-corrected chi connectivity index (χ3v) is 5.64. The molecule has 4 rings (SSSR count). The lowest BCUT2D eigenvalue weighted by molar-refractivity contribution is -0.139. The Balaban J connectivity index is 1.46. The highest BCUT2D eigenvalue weighted by molar-refractivity contribution is 5.89. The molecule has 0 N–H and O–H groups in total. The zero-order valence-corrected chi connectivity index (χ0v) is 15.5. The molecule has 1 aromatic carbocycles. The molecule has 1 aromatic heterocycles. The molecule has 0 saturated carbocycles. The van der Waals surface area contributed by atoms with Gasteiger partial charge in [-0.3, -0.25) is 14.6 Å². The summed E-state index contributed by atoms with van der Waals surface area (Å²) in [5.41, 5.74) is 2.20. The molecular formula is C22H25N3O2. The molecule has 2 fully saturated rings. The maximum Gasteiger partial charge on any atom is 0.228 e. The van der Waals surface area contributed by atoms with Gasteiger partial charge in [0, 0.05) is 38.4 Å². The van der Waals surface area contributed by atoms with E-state index in [1.54, 1.807) is 6.20 Å². The fourth-order valence-corrected chi connectivity index (χ4v) is 4.24. The molecule has 0 radical (unpaired) electrons. The first-order chi connectivity index (χ1) is 13.2. The summed E-state index contributed by atoms with van der Waals surface area (Å²) in [6.07, 6.45) is 7.05. The quantitative estimate of drug-likeness (QED) is 0.838. The Hall–Kier alpha value is -2.69. The highest BCUT2D eigenvalue weighted by Crippen LogP contribution is 2.33. The number of hydrogen-bond donors (Lipinski definition) is 0. The number of rotatable bonds is 4. The van der Waals surface area contributed by atoms with Crippen molar-refractivity contribution in [2.45, 2.75) is 38.3 Å². The molecule has 140 valence electrons. The number of carbonyl (C=O) groups excluding carboxylic acids is 2. The van der Waals surface area contributed by atoms with E-state index in [9.17, 15) is 9.59 Å². The molecule has 2 aliphatic rings. The average molecular weight is 363 g/mol. The van der Waals surface area contributed by atoms with E-state index in [0.717, 1.165) is 36.9 Å². The largest absolute Gasteiger partial charge is 0.338 e. The number of pyridine rings is 1. The molecular weight excluding hydrogens is 338 g/mol. The summed E-state index contributed by atoms with van der Waals surface area (Å²) in [5.74, 6) is -0.0434. The number of carbonyl (C=O) groups is 2. The van der Waals surface area contributed by atoms with Gasteiger partial charge >= 0.3 is 0 Å². The van der Waals surface area contributed by atoms with Gasteiger partial charge in [0.1, 0.15) is 0 Å². The van der Waals surface area contributed by atoms with Crippen molar-refractivity contribution in [1.29, 1.82) is 0 Å². The second kappa shape index (κ2) is 7.91. The Morgan fingerprint density at radius 1 is 1.11 bits per heavy atom. The normalized spacial score (nSPS) is 22.9. The smallest absolute Gasteiger partial charge is 0.228 e. The molecule has 5 nitrogen and oxygen atoms in total. The van der Waals surface area contributed by atoms with Crippen molar-refractivity contribution in [3.63, 3.8) is 0 Å². The van der Waals surface area contributed by atoms with Crippen LogP contribution in [-0.2, 0) is 16.1 Å². The Morgan fingerprint density at radius 3 is 2.74 bits per heavy atom. The van der Waals surface area contributed by atoms with Crippen LogP contribution in [0.1, 0.15) is 42.9 Å². The van der Waals surface area contributed by atoms with E-state index in [1.165, 1.54) is 0 Å². The number of amides is 2. The van der Waals surface area contributed by atoms with Gasteiger partial charge in [-0.05, 0) is 36.5 Å². The molecule has 2 atom stereocenters. The van der Waals surface area contributed by atoms with Crippen LogP contribution in [0.3, 0.4) is 0 Å². The van der Waals surface area contributed by atoms with E-state index in [-0.39, 0.29) is 23.8 Å². The van der Waals surface area contributed by atoms with Crippen LogP contribution in [0.5, 0.6) is 0 Å². The van der Waals surface area contributed by atoms with Gasteiger partial charge in [-0.2, -0.15) is 0 Å². The molecule has 3 heterocycles. The summed E-state index contributed by atoms with van der Waals surface area (Å²) in [5, 5.41) is 0. The third-order valence-electron chi connectivity index (χ3n) is 5.64. The molecule has 0 unspecified atom stereocenters. The summed E-state index contributed by atoms with van der Waals surface area (Å²) in [6.45, 7) is 1.86. The first-order valence-electron chi connectivity index (χ1n) is 9.74. The summed E-state index contributed by atoms with van der Waals surface area (Å²) in [7, 11) is 0. The van der Waals surface area contributed by atoms with Crippen LogP contribution in [0.25, 0.3) is 0 Å². The molecule has 0 spiro atoms. The van der Waals surface area contributed by atoms with Gasteiger partial charge in [0.25, 0.3) is 0 Å². The SMILES string of the molecule is O=C1C[C@@H](C(=O)N2CCCC[C@@H]2c2cccnc2)CN1Cc1ccccc1. The van der Waals surface area contributed by atoms with Crippen molar-refractivity contribution in [1.82, 2.24) is 14.8 Å². The average Bonchev–Trinajstić information content (AvgIpc) is 3.09. The summed E-state index contributed by atoms with van der Waals surface area (Å²) < 4.78 is 0. The Bertz CT molecular complexity index is 794. The minimum atomic E-state index is -0.238. The Labute approximate surface area is 160 Å². The van der Waals surface area contributed by atoms with Crippen molar-refractivity contribution in [3.05, 3.63) is 66.0 Å². The Kier molecular flexibility index (Phi) is 5.19. The molecule has 5 heteroatoms. The minimum Gasteiger partial charge on any atom is -0.338 e. The molecule has 2 aromatic rings. The van der Waals surface area contributed by atoms with Gasteiger partial charge in [-0.1, -0.05) is 36.4 Å². The van der Waals surface area contributed by atoms with Crippen LogP contribution < -0.4 is 0 Å². The fourth-order valence-electron chi connectivity index (χ4n) is 4.24. The maximum atomic E-state index is 13.3. The standard InChI is InChI=1S/C22H25N3O2/c26-21-13-19(16-24(21)15-17-7-2-1-3-8-17)22(27)25-12-5-4-10-20(25)18-9-6-11-23-14-18/h1-3,6-9,11,14,19-20H,4-5,10,12-13,15-16H2/t19-,20-/m1/s1. The number of aromatic nitrogens is 1. The fraction of sp³-hybridized carbons (Fsp3) is 0.409. The number of benzene rings is 1. The first-order valence-corrected chi connectivity index (χ1v) is 9.74. The van der Waals surface area contributed by atoms with Crippen LogP contribution in [0.2, 0.25) is 0 Å². The van der Waals surface area contributed by atoms with Crippen molar-refractivity contribution in [2.75, 3.05) is 13.1 Å². The van der Waals surface area contributed by atoms with Gasteiger partial charge in [0.2, 0.25) is 11.8 Å². The van der Waals surface area contributed by atoms with Crippen LogP contribution >= 0.6 is 0 Å². The zero-order valence-electron chi connectivity index (χ0n) is 15.5. The van der Waals surface area contributed by atoms with Gasteiger partial charge < -0.3 is 9.80 Å². The predicted octanol–water partition coefficient (Wildman–Crippen LogP) is 3.18. The number of likely N-dealkylation sites (tertiary alicyclic amines) is 2. The van der Waals surface area contributed by atoms with Crippen molar-refractivity contribution in [3.8, 4) is 0 Å². The van der Waals surface area contributed by atoms with Crippen molar-refractivity contribution < 1.29 is 9.59 Å².